The Hall–Kier alpha value is -1.39. The summed E-state index contributed by atoms with van der Waals surface area (Å²) >= 11 is 3.74. The molecule has 1 aromatic heterocycles. The lowest BCUT2D eigenvalue weighted by molar-refractivity contribution is 0.102. The number of amides is 1. The van der Waals surface area contributed by atoms with Crippen molar-refractivity contribution in [2.45, 2.75) is 40.0 Å². The number of fused-ring (bicyclic) bond motifs is 1. The third-order valence-electron chi connectivity index (χ3n) is 4.95. The molecule has 3 nitrogen and oxygen atoms in total. The Bertz CT molecular complexity index is 858. The van der Waals surface area contributed by atoms with E-state index in [0.717, 1.165) is 28.4 Å². The molecule has 5 heteroatoms. The maximum Gasteiger partial charge on any atom is 0.257 e. The minimum Gasteiger partial charge on any atom is -0.312 e. The van der Waals surface area contributed by atoms with Crippen LogP contribution in [0.1, 0.15) is 53.6 Å². The molecule has 0 saturated heterocycles. The Kier molecular flexibility index (Phi) is 5.21. The fraction of sp³-hybridized carbons (Fsp3) is 0.400. The van der Waals surface area contributed by atoms with Crippen LogP contribution in [-0.4, -0.2) is 5.91 Å². The zero-order valence-corrected chi connectivity index (χ0v) is 17.6. The van der Waals surface area contributed by atoms with Crippen LogP contribution in [0.25, 0.3) is 0 Å². The average molecular weight is 464 g/mol. The van der Waals surface area contributed by atoms with Crippen LogP contribution in [0.15, 0.2) is 24.3 Å². The second kappa shape index (κ2) is 7.08. The highest BCUT2D eigenvalue weighted by atomic mass is 127. The van der Waals surface area contributed by atoms with E-state index in [4.69, 9.17) is 0 Å². The van der Waals surface area contributed by atoms with Gasteiger partial charge in [-0.25, -0.2) is 0 Å². The van der Waals surface area contributed by atoms with Gasteiger partial charge in [0.05, 0.1) is 11.1 Å². The summed E-state index contributed by atoms with van der Waals surface area (Å²) < 4.78 is 0.908. The van der Waals surface area contributed by atoms with Crippen molar-refractivity contribution in [1.29, 1.82) is 5.26 Å². The number of halogens is 1. The lowest BCUT2D eigenvalue weighted by Crippen LogP contribution is -2.26. The van der Waals surface area contributed by atoms with Gasteiger partial charge in [-0.1, -0.05) is 32.9 Å². The minimum absolute atomic E-state index is 0.146. The van der Waals surface area contributed by atoms with Gasteiger partial charge in [0.2, 0.25) is 0 Å². The highest BCUT2D eigenvalue weighted by molar-refractivity contribution is 14.1. The van der Waals surface area contributed by atoms with E-state index < -0.39 is 0 Å². The normalized spacial score (nSPS) is 16.8. The van der Waals surface area contributed by atoms with Gasteiger partial charge in [0, 0.05) is 8.45 Å². The van der Waals surface area contributed by atoms with E-state index in [-0.39, 0.29) is 11.3 Å². The van der Waals surface area contributed by atoms with Crippen molar-refractivity contribution in [3.8, 4) is 6.07 Å². The van der Waals surface area contributed by atoms with Gasteiger partial charge in [-0.2, -0.15) is 5.26 Å². The number of hydrogen-bond acceptors (Lipinski definition) is 3. The summed E-state index contributed by atoms with van der Waals surface area (Å²) in [6.07, 6.45) is 3.03. The van der Waals surface area contributed by atoms with Gasteiger partial charge in [-0.05, 0) is 70.9 Å². The standard InChI is InChI=1S/C20H21IN2OS/c1-20(2,3)12-8-9-13-15(11-22)19(25-17(13)10-12)23-18(24)14-6-4-5-7-16(14)21/h4-7,12H,8-10H2,1-3H3,(H,23,24)/t12-/m0/s1. The van der Waals surface area contributed by atoms with Crippen molar-refractivity contribution in [2.75, 3.05) is 5.32 Å². The molecular formula is C20H21IN2OS. The first kappa shape index (κ1) is 18.4. The molecule has 1 N–H and O–H groups in total. The molecule has 0 fully saturated rings. The van der Waals surface area contributed by atoms with Crippen molar-refractivity contribution in [3.63, 3.8) is 0 Å². The molecular weight excluding hydrogens is 443 g/mol. The van der Waals surface area contributed by atoms with E-state index in [0.29, 0.717) is 22.0 Å². The summed E-state index contributed by atoms with van der Waals surface area (Å²) in [4.78, 5) is 13.9. The van der Waals surface area contributed by atoms with Crippen molar-refractivity contribution >= 4 is 44.8 Å². The lowest BCUT2D eigenvalue weighted by Gasteiger charge is -2.33. The van der Waals surface area contributed by atoms with Gasteiger partial charge in [-0.3, -0.25) is 4.79 Å². The summed E-state index contributed by atoms with van der Waals surface area (Å²) in [5.74, 6) is 0.469. The molecule has 0 radical (unpaired) electrons. The van der Waals surface area contributed by atoms with Crippen molar-refractivity contribution in [1.82, 2.24) is 0 Å². The Morgan fingerprint density at radius 3 is 2.72 bits per heavy atom. The van der Waals surface area contributed by atoms with Crippen LogP contribution >= 0.6 is 33.9 Å². The van der Waals surface area contributed by atoms with E-state index in [1.807, 2.05) is 24.3 Å². The third kappa shape index (κ3) is 3.75. The Morgan fingerprint density at radius 1 is 1.36 bits per heavy atom. The summed E-state index contributed by atoms with van der Waals surface area (Å²) in [7, 11) is 0. The second-order valence-electron chi connectivity index (χ2n) is 7.56. The molecule has 0 saturated carbocycles. The molecule has 1 amide bonds. The highest BCUT2D eigenvalue weighted by Gasteiger charge is 2.32. The molecule has 0 spiro atoms. The molecule has 2 aromatic rings. The largest absolute Gasteiger partial charge is 0.312 e. The van der Waals surface area contributed by atoms with E-state index in [9.17, 15) is 10.1 Å². The van der Waals surface area contributed by atoms with Gasteiger partial charge in [0.1, 0.15) is 11.1 Å². The molecule has 3 rings (SSSR count). The zero-order valence-electron chi connectivity index (χ0n) is 14.6. The van der Waals surface area contributed by atoms with Gasteiger partial charge < -0.3 is 5.32 Å². The minimum atomic E-state index is -0.146. The monoisotopic (exact) mass is 464 g/mol. The summed E-state index contributed by atoms with van der Waals surface area (Å²) in [6, 6.07) is 9.81. The number of carbonyl (C=O) groups excluding carboxylic acids is 1. The van der Waals surface area contributed by atoms with Crippen LogP contribution in [0, 0.1) is 26.2 Å². The molecule has 0 aliphatic heterocycles. The molecule has 1 heterocycles. The molecule has 1 aliphatic rings. The first-order chi connectivity index (χ1) is 11.8. The average Bonchev–Trinajstić information content (AvgIpc) is 2.90. The summed E-state index contributed by atoms with van der Waals surface area (Å²) in [5.41, 5.74) is 2.71. The molecule has 1 aliphatic carbocycles. The van der Waals surface area contributed by atoms with Crippen LogP contribution in [0.3, 0.4) is 0 Å². The third-order valence-corrected chi connectivity index (χ3v) is 7.06. The van der Waals surface area contributed by atoms with Gasteiger partial charge in [0.25, 0.3) is 5.91 Å². The molecule has 1 aromatic carbocycles. The van der Waals surface area contributed by atoms with Gasteiger partial charge in [0.15, 0.2) is 0 Å². The van der Waals surface area contributed by atoms with Crippen LogP contribution in [0.4, 0.5) is 5.00 Å². The van der Waals surface area contributed by atoms with E-state index in [1.165, 1.54) is 4.88 Å². The quantitative estimate of drug-likeness (QED) is 0.586. The van der Waals surface area contributed by atoms with Crippen molar-refractivity contribution in [3.05, 3.63) is 49.4 Å². The number of nitrogens with zero attached hydrogens (tertiary/aromatic N) is 1. The Balaban J connectivity index is 1.89. The second-order valence-corrected chi connectivity index (χ2v) is 9.83. The number of anilines is 1. The summed E-state index contributed by atoms with van der Waals surface area (Å²) in [6.45, 7) is 6.84. The van der Waals surface area contributed by atoms with Crippen LogP contribution in [0.2, 0.25) is 0 Å². The number of nitriles is 1. The molecule has 25 heavy (non-hydrogen) atoms. The number of hydrogen-bond donors (Lipinski definition) is 1. The zero-order chi connectivity index (χ0) is 18.2. The van der Waals surface area contributed by atoms with Crippen LogP contribution < -0.4 is 5.32 Å². The van der Waals surface area contributed by atoms with E-state index >= 15 is 0 Å². The fourth-order valence-corrected chi connectivity index (χ4v) is 5.25. The predicted octanol–water partition coefficient (Wildman–Crippen LogP) is 5.63. The smallest absolute Gasteiger partial charge is 0.257 e. The number of thiophene rings is 1. The maximum absolute atomic E-state index is 12.6. The summed E-state index contributed by atoms with van der Waals surface area (Å²) in [5, 5.41) is 13.3. The van der Waals surface area contributed by atoms with E-state index in [2.05, 4.69) is 54.7 Å². The number of carbonyl (C=O) groups is 1. The van der Waals surface area contributed by atoms with Crippen molar-refractivity contribution in [2.24, 2.45) is 11.3 Å². The van der Waals surface area contributed by atoms with Crippen LogP contribution in [-0.2, 0) is 12.8 Å². The fourth-order valence-electron chi connectivity index (χ4n) is 3.35. The number of rotatable bonds is 2. The number of benzene rings is 1. The Labute approximate surface area is 166 Å². The molecule has 1 atom stereocenters. The van der Waals surface area contributed by atoms with Crippen molar-refractivity contribution < 1.29 is 4.79 Å². The first-order valence-corrected chi connectivity index (χ1v) is 10.3. The topological polar surface area (TPSA) is 52.9 Å². The highest BCUT2D eigenvalue weighted by Crippen LogP contribution is 2.44. The maximum atomic E-state index is 12.6. The van der Waals surface area contributed by atoms with Crippen LogP contribution in [0.5, 0.6) is 0 Å². The predicted molar refractivity (Wildman–Crippen MR) is 111 cm³/mol. The molecule has 0 bridgehead atoms. The van der Waals surface area contributed by atoms with E-state index in [1.54, 1.807) is 11.3 Å². The van der Waals surface area contributed by atoms with Gasteiger partial charge in [-0.15, -0.1) is 11.3 Å². The Morgan fingerprint density at radius 2 is 2.08 bits per heavy atom. The lowest BCUT2D eigenvalue weighted by atomic mass is 9.72. The first-order valence-electron chi connectivity index (χ1n) is 8.41. The SMILES string of the molecule is CC(C)(C)[C@H]1CCc2c(sc(NC(=O)c3ccccc3I)c2C#N)C1. The number of nitrogens with one attached hydrogen (secondary N) is 1. The molecule has 130 valence electrons. The van der Waals surface area contributed by atoms with Gasteiger partial charge >= 0.3 is 0 Å². The molecule has 0 unspecified atom stereocenters.